The number of carbonyl (C=O) groups is 1. The molecule has 0 aliphatic carbocycles. The zero-order valence-corrected chi connectivity index (χ0v) is 9.85. The van der Waals surface area contributed by atoms with Crippen LogP contribution in [-0.2, 0) is 4.79 Å². The maximum atomic E-state index is 11.7. The number of nitrogens with two attached hydrogens (primary N) is 1. The third kappa shape index (κ3) is 1.54. The minimum absolute atomic E-state index is 0.0146. The maximum absolute atomic E-state index is 11.7. The van der Waals surface area contributed by atoms with Crippen molar-refractivity contribution in [3.05, 3.63) is 16.7 Å². The predicted octanol–water partition coefficient (Wildman–Crippen LogP) is -0.933. The van der Waals surface area contributed by atoms with Gasteiger partial charge in [-0.1, -0.05) is 0 Å². The maximum Gasteiger partial charge on any atom is 0.276 e. The number of anilines is 2. The van der Waals surface area contributed by atoms with Crippen LogP contribution < -0.4 is 21.5 Å². The first kappa shape index (κ1) is 11.1. The topological polar surface area (TPSA) is 104 Å². The first-order valence-corrected chi connectivity index (χ1v) is 6.06. The lowest BCUT2D eigenvalue weighted by Crippen LogP contribution is -2.46. The van der Waals surface area contributed by atoms with Gasteiger partial charge < -0.3 is 20.9 Å². The number of aromatic nitrogens is 2. The summed E-state index contributed by atoms with van der Waals surface area (Å²) in [6, 6.07) is 0.0582. The Kier molecular flexibility index (Phi) is 2.46. The number of amides is 1. The number of aromatic amines is 1. The molecule has 3 rings (SSSR count). The summed E-state index contributed by atoms with van der Waals surface area (Å²) in [4.78, 5) is 31.8. The van der Waals surface area contributed by atoms with Gasteiger partial charge in [0.1, 0.15) is 5.69 Å². The Morgan fingerprint density at radius 3 is 3.11 bits per heavy atom. The number of nitrogens with one attached hydrogen (secondary N) is 2. The van der Waals surface area contributed by atoms with Crippen molar-refractivity contribution in [2.45, 2.75) is 18.9 Å². The van der Waals surface area contributed by atoms with Gasteiger partial charge in [-0.05, 0) is 12.8 Å². The van der Waals surface area contributed by atoms with Crippen molar-refractivity contribution in [1.82, 2.24) is 15.3 Å². The molecule has 7 heteroatoms. The summed E-state index contributed by atoms with van der Waals surface area (Å²) in [5, 5.41) is 2.86. The van der Waals surface area contributed by atoms with E-state index in [1.807, 2.05) is 4.90 Å². The van der Waals surface area contributed by atoms with Crippen molar-refractivity contribution in [2.24, 2.45) is 5.92 Å². The summed E-state index contributed by atoms with van der Waals surface area (Å²) in [5.74, 6) is 0.567. The van der Waals surface area contributed by atoms with Gasteiger partial charge in [-0.15, -0.1) is 0 Å². The molecule has 2 unspecified atom stereocenters. The van der Waals surface area contributed by atoms with Crippen LogP contribution in [0.5, 0.6) is 0 Å². The lowest BCUT2D eigenvalue weighted by Gasteiger charge is -2.36. The first-order chi connectivity index (χ1) is 8.68. The van der Waals surface area contributed by atoms with Crippen molar-refractivity contribution in [3.63, 3.8) is 0 Å². The molecule has 0 spiro atoms. The molecule has 7 nitrogen and oxygen atoms in total. The van der Waals surface area contributed by atoms with Crippen molar-refractivity contribution < 1.29 is 4.79 Å². The summed E-state index contributed by atoms with van der Waals surface area (Å²) in [6.07, 6.45) is 3.14. The van der Waals surface area contributed by atoms with E-state index < -0.39 is 0 Å². The van der Waals surface area contributed by atoms with Gasteiger partial charge in [0.2, 0.25) is 5.91 Å². The Morgan fingerprint density at radius 2 is 2.28 bits per heavy atom. The molecule has 0 saturated carbocycles. The third-order valence-electron chi connectivity index (χ3n) is 3.74. The Bertz CT molecular complexity index is 540. The largest absolute Gasteiger partial charge is 0.391 e. The van der Waals surface area contributed by atoms with Gasteiger partial charge in [0.25, 0.3) is 5.56 Å². The molecular weight excluding hydrogens is 234 g/mol. The fourth-order valence-corrected chi connectivity index (χ4v) is 2.84. The van der Waals surface area contributed by atoms with E-state index in [0.717, 1.165) is 19.4 Å². The van der Waals surface area contributed by atoms with Gasteiger partial charge >= 0.3 is 0 Å². The van der Waals surface area contributed by atoms with Crippen LogP contribution in [0.1, 0.15) is 12.8 Å². The van der Waals surface area contributed by atoms with Crippen LogP contribution in [0, 0.1) is 5.92 Å². The number of rotatable bonds is 1. The number of fused-ring (bicyclic) bond motifs is 1. The van der Waals surface area contributed by atoms with Gasteiger partial charge in [0.05, 0.1) is 18.3 Å². The van der Waals surface area contributed by atoms with Crippen molar-refractivity contribution in [3.8, 4) is 0 Å². The van der Waals surface area contributed by atoms with E-state index in [1.54, 1.807) is 0 Å². The molecule has 0 bridgehead atoms. The lowest BCUT2D eigenvalue weighted by atomic mass is 9.91. The quantitative estimate of drug-likeness (QED) is 0.596. The van der Waals surface area contributed by atoms with E-state index in [2.05, 4.69) is 15.3 Å². The Hall–Kier alpha value is -2.05. The molecule has 2 atom stereocenters. The SMILES string of the molecule is Nc1c(N2CCCC3C(=O)NCC32)nc[nH]c1=O. The lowest BCUT2D eigenvalue weighted by molar-refractivity contribution is -0.122. The van der Waals surface area contributed by atoms with Gasteiger partial charge in [0, 0.05) is 13.1 Å². The van der Waals surface area contributed by atoms with Crippen LogP contribution in [0.15, 0.2) is 11.1 Å². The van der Waals surface area contributed by atoms with Crippen molar-refractivity contribution >= 4 is 17.4 Å². The van der Waals surface area contributed by atoms with E-state index in [0.29, 0.717) is 12.4 Å². The number of nitrogen functional groups attached to an aromatic ring is 1. The molecule has 1 amide bonds. The number of carbonyl (C=O) groups excluding carboxylic acids is 1. The fraction of sp³-hybridized carbons (Fsp3) is 0.545. The zero-order chi connectivity index (χ0) is 12.7. The van der Waals surface area contributed by atoms with Crippen LogP contribution in [0.2, 0.25) is 0 Å². The molecule has 1 aromatic heterocycles. The standard InChI is InChI=1S/C11H15N5O2/c12-8-9(14-5-15-11(8)18)16-3-1-2-6-7(16)4-13-10(6)17/h5-7H,1-4,12H2,(H,13,17)(H,14,15,18). The average Bonchev–Trinajstić information content (AvgIpc) is 2.75. The van der Waals surface area contributed by atoms with Gasteiger partial charge in [-0.25, -0.2) is 4.98 Å². The molecule has 4 N–H and O–H groups in total. The molecule has 96 valence electrons. The minimum Gasteiger partial charge on any atom is -0.391 e. The number of nitrogens with zero attached hydrogens (tertiary/aromatic N) is 2. The highest BCUT2D eigenvalue weighted by atomic mass is 16.2. The number of piperidine rings is 1. The van der Waals surface area contributed by atoms with Crippen LogP contribution in [0.25, 0.3) is 0 Å². The molecule has 3 heterocycles. The number of hydrogen-bond acceptors (Lipinski definition) is 5. The Morgan fingerprint density at radius 1 is 1.44 bits per heavy atom. The van der Waals surface area contributed by atoms with Crippen molar-refractivity contribution in [2.75, 3.05) is 23.7 Å². The Balaban J connectivity index is 1.98. The van der Waals surface area contributed by atoms with E-state index in [9.17, 15) is 9.59 Å². The zero-order valence-electron chi connectivity index (χ0n) is 9.85. The Labute approximate surface area is 103 Å². The predicted molar refractivity (Wildman–Crippen MR) is 66.1 cm³/mol. The molecule has 2 aliphatic heterocycles. The second-order valence-corrected chi connectivity index (χ2v) is 4.72. The second-order valence-electron chi connectivity index (χ2n) is 4.72. The normalized spacial score (nSPS) is 26.9. The molecule has 0 radical (unpaired) electrons. The van der Waals surface area contributed by atoms with Crippen LogP contribution in [0.3, 0.4) is 0 Å². The highest BCUT2D eigenvalue weighted by molar-refractivity contribution is 5.83. The average molecular weight is 249 g/mol. The van der Waals surface area contributed by atoms with E-state index in [-0.39, 0.29) is 29.1 Å². The summed E-state index contributed by atoms with van der Waals surface area (Å²) in [7, 11) is 0. The highest BCUT2D eigenvalue weighted by Crippen LogP contribution is 2.31. The monoisotopic (exact) mass is 249 g/mol. The highest BCUT2D eigenvalue weighted by Gasteiger charge is 2.41. The molecular formula is C11H15N5O2. The summed E-state index contributed by atoms with van der Waals surface area (Å²) < 4.78 is 0. The second kappa shape index (κ2) is 4.01. The van der Waals surface area contributed by atoms with E-state index in [1.165, 1.54) is 6.33 Å². The van der Waals surface area contributed by atoms with E-state index >= 15 is 0 Å². The smallest absolute Gasteiger partial charge is 0.276 e. The molecule has 2 saturated heterocycles. The third-order valence-corrected chi connectivity index (χ3v) is 3.74. The van der Waals surface area contributed by atoms with Gasteiger partial charge in [-0.2, -0.15) is 0 Å². The molecule has 1 aromatic rings. The van der Waals surface area contributed by atoms with Crippen LogP contribution >= 0.6 is 0 Å². The van der Waals surface area contributed by atoms with E-state index in [4.69, 9.17) is 5.73 Å². The summed E-state index contributed by atoms with van der Waals surface area (Å²) in [6.45, 7) is 1.37. The summed E-state index contributed by atoms with van der Waals surface area (Å²) >= 11 is 0. The molecule has 2 aliphatic rings. The first-order valence-electron chi connectivity index (χ1n) is 6.06. The van der Waals surface area contributed by atoms with Crippen LogP contribution in [0.4, 0.5) is 11.5 Å². The van der Waals surface area contributed by atoms with Crippen molar-refractivity contribution in [1.29, 1.82) is 0 Å². The number of hydrogen-bond donors (Lipinski definition) is 3. The van der Waals surface area contributed by atoms with Gasteiger partial charge in [-0.3, -0.25) is 9.59 Å². The number of H-pyrrole nitrogens is 1. The van der Waals surface area contributed by atoms with Crippen LogP contribution in [-0.4, -0.2) is 35.0 Å². The summed E-state index contributed by atoms with van der Waals surface area (Å²) in [5.41, 5.74) is 5.57. The molecule has 2 fully saturated rings. The molecule has 18 heavy (non-hydrogen) atoms. The van der Waals surface area contributed by atoms with Gasteiger partial charge in [0.15, 0.2) is 5.82 Å². The minimum atomic E-state index is -0.334. The molecule has 0 aromatic carbocycles. The fourth-order valence-electron chi connectivity index (χ4n) is 2.84.